The molecule has 4 aromatic rings. The fourth-order valence-corrected chi connectivity index (χ4v) is 4.41. The van der Waals surface area contributed by atoms with E-state index in [0.29, 0.717) is 0 Å². The molecule has 0 N–H and O–H groups in total. The maximum absolute atomic E-state index is 13.6. The van der Waals surface area contributed by atoms with Crippen LogP contribution < -0.4 is 0 Å². The van der Waals surface area contributed by atoms with E-state index in [1.807, 2.05) is 24.3 Å². The minimum absolute atomic E-state index is 0.0656. The second kappa shape index (κ2) is 6.41. The van der Waals surface area contributed by atoms with Crippen LogP contribution in [0.15, 0.2) is 60.7 Å². The molecular formula is C20H10Cl2F2S. The van der Waals surface area contributed by atoms with Gasteiger partial charge in [-0.2, -0.15) is 0 Å². The van der Waals surface area contributed by atoms with Crippen LogP contribution in [0.5, 0.6) is 0 Å². The van der Waals surface area contributed by atoms with Crippen LogP contribution in [0.2, 0.25) is 10.0 Å². The van der Waals surface area contributed by atoms with E-state index >= 15 is 0 Å². The van der Waals surface area contributed by atoms with Crippen molar-refractivity contribution < 1.29 is 8.78 Å². The van der Waals surface area contributed by atoms with Crippen LogP contribution >= 0.6 is 34.5 Å². The standard InChI is InChI=1S/C20H10Cl2F2S/c21-14-9-11(5-7-16(14)23)19-13-3-1-2-4-18(13)25-20(19)12-6-8-17(24)15(22)10-12/h1-10H. The number of rotatable bonds is 2. The van der Waals surface area contributed by atoms with Crippen LogP contribution in [0.25, 0.3) is 31.7 Å². The summed E-state index contributed by atoms with van der Waals surface area (Å²) in [6, 6.07) is 17.2. The van der Waals surface area contributed by atoms with E-state index in [0.717, 1.165) is 31.7 Å². The van der Waals surface area contributed by atoms with Crippen LogP contribution in [-0.2, 0) is 0 Å². The molecule has 4 rings (SSSR count). The summed E-state index contributed by atoms with van der Waals surface area (Å²) in [6.07, 6.45) is 0. The lowest BCUT2D eigenvalue weighted by atomic mass is 9.99. The fraction of sp³-hybridized carbons (Fsp3) is 0. The molecule has 3 aromatic carbocycles. The molecule has 0 bridgehead atoms. The van der Waals surface area contributed by atoms with E-state index in [9.17, 15) is 8.78 Å². The first kappa shape index (κ1) is 16.5. The smallest absolute Gasteiger partial charge is 0.141 e. The zero-order chi connectivity index (χ0) is 17.6. The normalized spacial score (nSPS) is 11.2. The minimum Gasteiger partial charge on any atom is -0.205 e. The lowest BCUT2D eigenvalue weighted by Crippen LogP contribution is -1.84. The number of hydrogen-bond donors (Lipinski definition) is 0. The van der Waals surface area contributed by atoms with Gasteiger partial charge in [0.2, 0.25) is 0 Å². The van der Waals surface area contributed by atoms with Crippen molar-refractivity contribution in [1.82, 2.24) is 0 Å². The number of thiophene rings is 1. The molecule has 0 radical (unpaired) electrons. The minimum atomic E-state index is -0.462. The molecule has 0 saturated heterocycles. The van der Waals surface area contributed by atoms with E-state index in [-0.39, 0.29) is 10.0 Å². The van der Waals surface area contributed by atoms with E-state index in [1.54, 1.807) is 35.6 Å². The van der Waals surface area contributed by atoms with Crippen molar-refractivity contribution in [3.8, 4) is 21.6 Å². The first-order valence-corrected chi connectivity index (χ1v) is 9.04. The van der Waals surface area contributed by atoms with E-state index < -0.39 is 11.6 Å². The van der Waals surface area contributed by atoms with Gasteiger partial charge in [-0.05, 0) is 41.5 Å². The molecule has 1 heterocycles. The van der Waals surface area contributed by atoms with Gasteiger partial charge in [-0.3, -0.25) is 0 Å². The Morgan fingerprint density at radius 3 is 2.00 bits per heavy atom. The Kier molecular flexibility index (Phi) is 4.24. The first-order chi connectivity index (χ1) is 12.0. The highest BCUT2D eigenvalue weighted by Crippen LogP contribution is 2.45. The van der Waals surface area contributed by atoms with E-state index in [1.165, 1.54) is 12.1 Å². The van der Waals surface area contributed by atoms with Crippen LogP contribution in [0, 0.1) is 11.6 Å². The van der Waals surface area contributed by atoms with Crippen molar-refractivity contribution in [2.45, 2.75) is 0 Å². The Balaban J connectivity index is 2.04. The summed E-state index contributed by atoms with van der Waals surface area (Å²) in [5.41, 5.74) is 2.55. The highest BCUT2D eigenvalue weighted by molar-refractivity contribution is 7.23. The van der Waals surface area contributed by atoms with Gasteiger partial charge < -0.3 is 0 Å². The Morgan fingerprint density at radius 2 is 1.32 bits per heavy atom. The maximum Gasteiger partial charge on any atom is 0.141 e. The lowest BCUT2D eigenvalue weighted by Gasteiger charge is -2.07. The van der Waals surface area contributed by atoms with Crippen molar-refractivity contribution in [1.29, 1.82) is 0 Å². The summed E-state index contributed by atoms with van der Waals surface area (Å²) >= 11 is 13.5. The average molecular weight is 391 g/mol. The number of fused-ring (bicyclic) bond motifs is 1. The van der Waals surface area contributed by atoms with Gasteiger partial charge in [-0.15, -0.1) is 11.3 Å². The lowest BCUT2D eigenvalue weighted by molar-refractivity contribution is 0.628. The van der Waals surface area contributed by atoms with Crippen molar-refractivity contribution in [3.05, 3.63) is 82.3 Å². The van der Waals surface area contributed by atoms with Crippen LogP contribution in [0.4, 0.5) is 8.78 Å². The van der Waals surface area contributed by atoms with Crippen molar-refractivity contribution >= 4 is 44.6 Å². The molecule has 0 aliphatic carbocycles. The first-order valence-electron chi connectivity index (χ1n) is 7.47. The SMILES string of the molecule is Fc1ccc(-c2sc3ccccc3c2-c2ccc(F)c(Cl)c2)cc1Cl. The molecule has 0 nitrogen and oxygen atoms in total. The van der Waals surface area contributed by atoms with Crippen LogP contribution in [0.3, 0.4) is 0 Å². The third-order valence-corrected chi connectivity index (χ3v) is 5.78. The molecule has 0 atom stereocenters. The monoisotopic (exact) mass is 390 g/mol. The highest BCUT2D eigenvalue weighted by Gasteiger charge is 2.17. The Bertz CT molecular complexity index is 1100. The zero-order valence-corrected chi connectivity index (χ0v) is 15.0. The predicted octanol–water partition coefficient (Wildman–Crippen LogP) is 7.82. The van der Waals surface area contributed by atoms with Gasteiger partial charge in [0.05, 0.1) is 10.0 Å². The van der Waals surface area contributed by atoms with Gasteiger partial charge in [0, 0.05) is 20.5 Å². The molecule has 0 spiro atoms. The average Bonchev–Trinajstić information content (AvgIpc) is 2.99. The summed E-state index contributed by atoms with van der Waals surface area (Å²) < 4.78 is 28.2. The zero-order valence-electron chi connectivity index (χ0n) is 12.7. The Morgan fingerprint density at radius 1 is 0.720 bits per heavy atom. The van der Waals surface area contributed by atoms with Crippen molar-refractivity contribution in [2.24, 2.45) is 0 Å². The van der Waals surface area contributed by atoms with Gasteiger partial charge in [0.25, 0.3) is 0 Å². The highest BCUT2D eigenvalue weighted by atomic mass is 35.5. The molecule has 25 heavy (non-hydrogen) atoms. The topological polar surface area (TPSA) is 0 Å². The second-order valence-corrected chi connectivity index (χ2v) is 7.43. The third kappa shape index (κ3) is 2.93. The number of hydrogen-bond acceptors (Lipinski definition) is 1. The number of benzene rings is 3. The van der Waals surface area contributed by atoms with E-state index in [2.05, 4.69) is 0 Å². The summed E-state index contributed by atoms with van der Waals surface area (Å²) in [4.78, 5) is 0.936. The summed E-state index contributed by atoms with van der Waals surface area (Å²) in [5, 5.41) is 1.17. The number of halogens is 4. The fourth-order valence-electron chi connectivity index (χ4n) is 2.82. The van der Waals surface area contributed by atoms with Crippen LogP contribution in [0.1, 0.15) is 0 Å². The summed E-state index contributed by atoms with van der Waals surface area (Å²) in [6.45, 7) is 0. The quantitative estimate of drug-likeness (QED) is 0.327. The second-order valence-electron chi connectivity index (χ2n) is 5.56. The molecule has 0 saturated carbocycles. The maximum atomic E-state index is 13.6. The van der Waals surface area contributed by atoms with Crippen LogP contribution in [-0.4, -0.2) is 0 Å². The van der Waals surface area contributed by atoms with E-state index in [4.69, 9.17) is 23.2 Å². The summed E-state index contributed by atoms with van der Waals surface area (Å²) in [7, 11) is 0. The Hall–Kier alpha value is -1.94. The van der Waals surface area contributed by atoms with Gasteiger partial charge in [0.15, 0.2) is 0 Å². The molecule has 1 aromatic heterocycles. The van der Waals surface area contributed by atoms with Gasteiger partial charge in [-0.25, -0.2) is 8.78 Å². The molecule has 0 amide bonds. The summed E-state index contributed by atoms with van der Waals surface area (Å²) in [5.74, 6) is -0.922. The molecule has 0 fully saturated rings. The molecule has 124 valence electrons. The molecule has 5 heteroatoms. The molecular weight excluding hydrogens is 381 g/mol. The van der Waals surface area contributed by atoms with Gasteiger partial charge in [-0.1, -0.05) is 53.5 Å². The molecule has 0 aliphatic heterocycles. The van der Waals surface area contributed by atoms with Crippen molar-refractivity contribution in [2.75, 3.05) is 0 Å². The van der Waals surface area contributed by atoms with Gasteiger partial charge >= 0.3 is 0 Å². The molecule has 0 aliphatic rings. The largest absolute Gasteiger partial charge is 0.205 e. The Labute approximate surface area is 157 Å². The predicted molar refractivity (Wildman–Crippen MR) is 103 cm³/mol. The van der Waals surface area contributed by atoms with Gasteiger partial charge in [0.1, 0.15) is 11.6 Å². The van der Waals surface area contributed by atoms with Crippen molar-refractivity contribution in [3.63, 3.8) is 0 Å². The third-order valence-electron chi connectivity index (χ3n) is 3.99. The molecule has 0 unspecified atom stereocenters.